The Labute approximate surface area is 128 Å². The zero-order chi connectivity index (χ0) is 15.3. The molecule has 1 saturated heterocycles. The summed E-state index contributed by atoms with van der Waals surface area (Å²) in [4.78, 5) is 28.3. The molecule has 1 atom stereocenters. The fourth-order valence-electron chi connectivity index (χ4n) is 3.05. The van der Waals surface area contributed by atoms with E-state index in [0.717, 1.165) is 18.5 Å². The average molecular weight is 302 g/mol. The van der Waals surface area contributed by atoms with Crippen molar-refractivity contribution in [2.45, 2.75) is 25.8 Å². The molecule has 1 aromatic rings. The normalized spacial score (nSPS) is 23.9. The molecule has 3 aliphatic rings. The van der Waals surface area contributed by atoms with Crippen molar-refractivity contribution >= 4 is 17.5 Å². The first kappa shape index (κ1) is 13.4. The van der Waals surface area contributed by atoms with Gasteiger partial charge in [-0.3, -0.25) is 9.59 Å². The number of hydrogen-bond acceptors (Lipinski definition) is 4. The number of benzene rings is 1. The van der Waals surface area contributed by atoms with Gasteiger partial charge in [0.2, 0.25) is 18.6 Å². The van der Waals surface area contributed by atoms with Crippen LogP contribution in [0.25, 0.3) is 0 Å². The van der Waals surface area contributed by atoms with Crippen LogP contribution in [-0.2, 0) is 9.59 Å². The van der Waals surface area contributed by atoms with Gasteiger partial charge in [-0.2, -0.15) is 0 Å². The van der Waals surface area contributed by atoms with Crippen LogP contribution in [-0.4, -0.2) is 42.6 Å². The molecule has 0 spiro atoms. The van der Waals surface area contributed by atoms with Crippen LogP contribution >= 0.6 is 0 Å². The van der Waals surface area contributed by atoms with Crippen molar-refractivity contribution < 1.29 is 19.1 Å². The van der Waals surface area contributed by atoms with Crippen molar-refractivity contribution in [3.8, 4) is 11.5 Å². The minimum Gasteiger partial charge on any atom is -0.454 e. The summed E-state index contributed by atoms with van der Waals surface area (Å²) in [6.45, 7) is 3.12. The van der Waals surface area contributed by atoms with Gasteiger partial charge in [-0.05, 0) is 31.9 Å². The molecule has 22 heavy (non-hydrogen) atoms. The first-order chi connectivity index (χ1) is 10.6. The second-order valence-electron chi connectivity index (χ2n) is 6.01. The first-order valence-electron chi connectivity index (χ1n) is 7.66. The fourth-order valence-corrected chi connectivity index (χ4v) is 3.05. The standard InChI is InChI=1S/C16H18N2O4/c1-10-15(19)18(7-6-17(10)16(20)11-2-3-11)12-4-5-13-14(8-12)22-9-21-13/h4-5,8,10-11H,2-3,6-7,9H2,1H3. The van der Waals surface area contributed by atoms with E-state index in [9.17, 15) is 9.59 Å². The monoisotopic (exact) mass is 302 g/mol. The molecule has 2 amide bonds. The average Bonchev–Trinajstić information content (AvgIpc) is 3.27. The van der Waals surface area contributed by atoms with Crippen LogP contribution in [0, 0.1) is 5.92 Å². The van der Waals surface area contributed by atoms with E-state index in [-0.39, 0.29) is 24.5 Å². The maximum absolute atomic E-state index is 12.6. The molecule has 2 aliphatic heterocycles. The van der Waals surface area contributed by atoms with Crippen molar-refractivity contribution in [3.63, 3.8) is 0 Å². The minimum absolute atomic E-state index is 0.0425. The largest absolute Gasteiger partial charge is 0.454 e. The number of amides is 2. The fraction of sp³-hybridized carbons (Fsp3) is 0.500. The summed E-state index contributed by atoms with van der Waals surface area (Å²) >= 11 is 0. The quantitative estimate of drug-likeness (QED) is 0.828. The van der Waals surface area contributed by atoms with Gasteiger partial charge >= 0.3 is 0 Å². The molecule has 0 aromatic heterocycles. The van der Waals surface area contributed by atoms with Crippen molar-refractivity contribution in [2.24, 2.45) is 5.92 Å². The highest BCUT2D eigenvalue weighted by atomic mass is 16.7. The Morgan fingerprint density at radius 2 is 1.95 bits per heavy atom. The molecule has 1 saturated carbocycles. The molecule has 4 rings (SSSR count). The Morgan fingerprint density at radius 3 is 2.73 bits per heavy atom. The van der Waals surface area contributed by atoms with E-state index < -0.39 is 6.04 Å². The van der Waals surface area contributed by atoms with Crippen LogP contribution in [0.15, 0.2) is 18.2 Å². The number of anilines is 1. The van der Waals surface area contributed by atoms with E-state index in [4.69, 9.17) is 9.47 Å². The molecule has 0 bridgehead atoms. The summed E-state index contributed by atoms with van der Waals surface area (Å²) in [6, 6.07) is 5.09. The SMILES string of the molecule is CC1C(=O)N(c2ccc3c(c2)OCO3)CCN1C(=O)C1CC1. The van der Waals surface area contributed by atoms with Crippen LogP contribution in [0.5, 0.6) is 11.5 Å². The topological polar surface area (TPSA) is 59.1 Å². The lowest BCUT2D eigenvalue weighted by Crippen LogP contribution is -2.58. The predicted octanol–water partition coefficient (Wildman–Crippen LogP) is 1.39. The summed E-state index contributed by atoms with van der Waals surface area (Å²) in [5, 5.41) is 0. The van der Waals surface area contributed by atoms with E-state index >= 15 is 0 Å². The molecule has 116 valence electrons. The van der Waals surface area contributed by atoms with Crippen LogP contribution in [0.3, 0.4) is 0 Å². The summed E-state index contributed by atoms with van der Waals surface area (Å²) in [7, 11) is 0. The van der Waals surface area contributed by atoms with Gasteiger partial charge in [0.25, 0.3) is 0 Å². The van der Waals surface area contributed by atoms with Gasteiger partial charge in [-0.25, -0.2) is 0 Å². The lowest BCUT2D eigenvalue weighted by atomic mass is 10.1. The lowest BCUT2D eigenvalue weighted by molar-refractivity contribution is -0.141. The maximum Gasteiger partial charge on any atom is 0.249 e. The highest BCUT2D eigenvalue weighted by Gasteiger charge is 2.41. The second-order valence-corrected chi connectivity index (χ2v) is 6.01. The van der Waals surface area contributed by atoms with Crippen molar-refractivity contribution in [2.75, 3.05) is 24.8 Å². The number of rotatable bonds is 2. The molecule has 6 nitrogen and oxygen atoms in total. The van der Waals surface area contributed by atoms with Crippen LogP contribution in [0.1, 0.15) is 19.8 Å². The Bertz CT molecular complexity index is 641. The number of fused-ring (bicyclic) bond motifs is 1. The summed E-state index contributed by atoms with van der Waals surface area (Å²) < 4.78 is 10.7. The third kappa shape index (κ3) is 2.10. The number of nitrogens with zero attached hydrogens (tertiary/aromatic N) is 2. The molecule has 1 aromatic carbocycles. The Kier molecular flexibility index (Phi) is 2.99. The van der Waals surface area contributed by atoms with Crippen LogP contribution < -0.4 is 14.4 Å². The Balaban J connectivity index is 1.54. The highest BCUT2D eigenvalue weighted by Crippen LogP contribution is 2.37. The van der Waals surface area contributed by atoms with Gasteiger partial charge in [-0.15, -0.1) is 0 Å². The summed E-state index contributed by atoms with van der Waals surface area (Å²) in [5.41, 5.74) is 0.791. The molecule has 0 radical (unpaired) electrons. The van der Waals surface area contributed by atoms with Crippen molar-refractivity contribution in [1.29, 1.82) is 0 Å². The number of carbonyl (C=O) groups is 2. The van der Waals surface area contributed by atoms with E-state index in [1.54, 1.807) is 9.80 Å². The molecule has 2 fully saturated rings. The highest BCUT2D eigenvalue weighted by molar-refractivity contribution is 6.00. The minimum atomic E-state index is -0.410. The number of carbonyl (C=O) groups excluding carboxylic acids is 2. The third-order valence-electron chi connectivity index (χ3n) is 4.53. The van der Waals surface area contributed by atoms with Gasteiger partial charge in [0.1, 0.15) is 6.04 Å². The summed E-state index contributed by atoms with van der Waals surface area (Å²) in [5.74, 6) is 1.60. The van der Waals surface area contributed by atoms with E-state index in [0.29, 0.717) is 24.6 Å². The van der Waals surface area contributed by atoms with Crippen LogP contribution in [0.4, 0.5) is 5.69 Å². The Morgan fingerprint density at radius 1 is 1.18 bits per heavy atom. The number of hydrogen-bond donors (Lipinski definition) is 0. The molecule has 6 heteroatoms. The smallest absolute Gasteiger partial charge is 0.249 e. The molecule has 0 N–H and O–H groups in total. The number of ether oxygens (including phenoxy) is 2. The second kappa shape index (κ2) is 4.90. The third-order valence-corrected chi connectivity index (χ3v) is 4.53. The first-order valence-corrected chi connectivity index (χ1v) is 7.66. The van der Waals surface area contributed by atoms with E-state index in [1.165, 1.54) is 0 Å². The van der Waals surface area contributed by atoms with Gasteiger partial charge < -0.3 is 19.3 Å². The van der Waals surface area contributed by atoms with Gasteiger partial charge in [-0.1, -0.05) is 0 Å². The van der Waals surface area contributed by atoms with Crippen LogP contribution in [0.2, 0.25) is 0 Å². The van der Waals surface area contributed by atoms with Gasteiger partial charge in [0.15, 0.2) is 11.5 Å². The number of piperazine rings is 1. The molecular weight excluding hydrogens is 284 g/mol. The lowest BCUT2D eigenvalue weighted by Gasteiger charge is -2.39. The predicted molar refractivity (Wildman–Crippen MR) is 78.8 cm³/mol. The molecule has 2 heterocycles. The van der Waals surface area contributed by atoms with E-state index in [1.807, 2.05) is 25.1 Å². The van der Waals surface area contributed by atoms with Gasteiger partial charge in [0.05, 0.1) is 0 Å². The van der Waals surface area contributed by atoms with E-state index in [2.05, 4.69) is 0 Å². The van der Waals surface area contributed by atoms with Gasteiger partial charge in [0, 0.05) is 30.8 Å². The zero-order valence-electron chi connectivity index (χ0n) is 12.4. The maximum atomic E-state index is 12.6. The molecule has 1 aliphatic carbocycles. The molecular formula is C16H18N2O4. The van der Waals surface area contributed by atoms with Crippen molar-refractivity contribution in [1.82, 2.24) is 4.90 Å². The van der Waals surface area contributed by atoms with Crippen molar-refractivity contribution in [3.05, 3.63) is 18.2 Å². The zero-order valence-corrected chi connectivity index (χ0v) is 12.4. The summed E-state index contributed by atoms with van der Waals surface area (Å²) in [6.07, 6.45) is 1.92. The molecule has 1 unspecified atom stereocenters. The Hall–Kier alpha value is -2.24.